The molecule has 2 atom stereocenters. The summed E-state index contributed by atoms with van der Waals surface area (Å²) < 4.78 is 11.8. The van der Waals surface area contributed by atoms with Gasteiger partial charge in [-0.25, -0.2) is 0 Å². The summed E-state index contributed by atoms with van der Waals surface area (Å²) in [5.41, 5.74) is 2.08. The van der Waals surface area contributed by atoms with Gasteiger partial charge in [-0.05, 0) is 25.0 Å². The molecule has 0 radical (unpaired) electrons. The fraction of sp³-hybridized carbons (Fsp3) is 0.462. The molecule has 18 heavy (non-hydrogen) atoms. The smallest absolute Gasteiger partial charge is 0.242 e. The molecular formula is C13H17NO3S. The second-order valence-corrected chi connectivity index (χ2v) is 6.20. The van der Waals surface area contributed by atoms with Crippen LogP contribution in [-0.4, -0.2) is 39.4 Å². The normalized spacial score (nSPS) is 17.3. The summed E-state index contributed by atoms with van der Waals surface area (Å²) in [5, 5.41) is 8.21. The van der Waals surface area contributed by atoms with E-state index in [1.165, 1.54) is 0 Å². The second-order valence-electron chi connectivity index (χ2n) is 4.32. The molecule has 0 aromatic heterocycles. The molecule has 1 heterocycles. The van der Waals surface area contributed by atoms with Gasteiger partial charge < -0.3 is 10.0 Å². The summed E-state index contributed by atoms with van der Waals surface area (Å²) in [5.74, 6) is 0.0364. The van der Waals surface area contributed by atoms with Crippen LogP contribution < -0.4 is 4.90 Å². The van der Waals surface area contributed by atoms with Crippen molar-refractivity contribution in [2.24, 2.45) is 0 Å². The predicted molar refractivity (Wildman–Crippen MR) is 72.1 cm³/mol. The van der Waals surface area contributed by atoms with E-state index in [9.17, 15) is 9.00 Å². The highest BCUT2D eigenvalue weighted by atomic mass is 32.2. The molecule has 0 aliphatic carbocycles. The van der Waals surface area contributed by atoms with Gasteiger partial charge in [0.2, 0.25) is 5.91 Å². The molecule has 2 rings (SSSR count). The SMILES string of the molecule is CC(C(=O)N1CCc2ccccc21)S(=O)CCO. The van der Waals surface area contributed by atoms with E-state index in [2.05, 4.69) is 0 Å². The van der Waals surface area contributed by atoms with Crippen LogP contribution in [0.2, 0.25) is 0 Å². The maximum atomic E-state index is 12.3. The van der Waals surface area contributed by atoms with Crippen LogP contribution in [0.1, 0.15) is 12.5 Å². The quantitative estimate of drug-likeness (QED) is 0.874. The van der Waals surface area contributed by atoms with E-state index in [4.69, 9.17) is 5.11 Å². The molecule has 0 saturated heterocycles. The topological polar surface area (TPSA) is 57.6 Å². The minimum Gasteiger partial charge on any atom is -0.395 e. The maximum absolute atomic E-state index is 12.3. The molecule has 1 N–H and O–H groups in total. The van der Waals surface area contributed by atoms with Crippen molar-refractivity contribution in [1.29, 1.82) is 0 Å². The van der Waals surface area contributed by atoms with E-state index in [0.717, 1.165) is 17.7 Å². The molecule has 0 spiro atoms. The Morgan fingerprint density at radius 3 is 2.94 bits per heavy atom. The molecule has 1 aliphatic heterocycles. The fourth-order valence-corrected chi connectivity index (χ4v) is 3.05. The van der Waals surface area contributed by atoms with Gasteiger partial charge in [0.1, 0.15) is 5.25 Å². The number of fused-ring (bicyclic) bond motifs is 1. The van der Waals surface area contributed by atoms with Gasteiger partial charge in [-0.3, -0.25) is 9.00 Å². The first-order valence-corrected chi connectivity index (χ1v) is 7.40. The largest absolute Gasteiger partial charge is 0.395 e. The number of para-hydroxylation sites is 1. The zero-order chi connectivity index (χ0) is 13.1. The first-order valence-electron chi connectivity index (χ1n) is 6.02. The lowest BCUT2D eigenvalue weighted by atomic mass is 10.2. The summed E-state index contributed by atoms with van der Waals surface area (Å²) in [7, 11) is -1.31. The summed E-state index contributed by atoms with van der Waals surface area (Å²) in [4.78, 5) is 14.0. The third kappa shape index (κ3) is 2.47. The van der Waals surface area contributed by atoms with E-state index in [0.29, 0.717) is 6.54 Å². The third-order valence-electron chi connectivity index (χ3n) is 3.19. The van der Waals surface area contributed by atoms with Gasteiger partial charge in [0.25, 0.3) is 0 Å². The van der Waals surface area contributed by atoms with Crippen LogP contribution >= 0.6 is 0 Å². The van der Waals surface area contributed by atoms with Crippen molar-refractivity contribution >= 4 is 22.4 Å². The van der Waals surface area contributed by atoms with Crippen LogP contribution in [0.3, 0.4) is 0 Å². The number of hydrogen-bond acceptors (Lipinski definition) is 3. The monoisotopic (exact) mass is 267 g/mol. The van der Waals surface area contributed by atoms with Gasteiger partial charge in [0.05, 0.1) is 6.61 Å². The highest BCUT2D eigenvalue weighted by Gasteiger charge is 2.30. The molecule has 1 aliphatic rings. The first kappa shape index (κ1) is 13.2. The van der Waals surface area contributed by atoms with E-state index in [1.807, 2.05) is 24.3 Å². The molecule has 0 saturated carbocycles. The Hall–Kier alpha value is -1.20. The van der Waals surface area contributed by atoms with Crippen molar-refractivity contribution in [1.82, 2.24) is 0 Å². The van der Waals surface area contributed by atoms with Crippen LogP contribution in [0.4, 0.5) is 5.69 Å². The van der Waals surface area contributed by atoms with E-state index >= 15 is 0 Å². The number of rotatable bonds is 4. The lowest BCUT2D eigenvalue weighted by Gasteiger charge is -2.21. The molecule has 0 bridgehead atoms. The molecule has 5 heteroatoms. The van der Waals surface area contributed by atoms with Crippen molar-refractivity contribution in [2.45, 2.75) is 18.6 Å². The predicted octanol–water partition coefficient (Wildman–Crippen LogP) is 0.705. The number of nitrogens with zero attached hydrogens (tertiary/aromatic N) is 1. The Kier molecular flexibility index (Phi) is 4.14. The van der Waals surface area contributed by atoms with E-state index in [1.54, 1.807) is 11.8 Å². The van der Waals surface area contributed by atoms with Crippen molar-refractivity contribution in [3.63, 3.8) is 0 Å². The molecular weight excluding hydrogens is 250 g/mol. The van der Waals surface area contributed by atoms with Gasteiger partial charge in [0.15, 0.2) is 0 Å². The number of carbonyl (C=O) groups is 1. The molecule has 0 fully saturated rings. The fourth-order valence-electron chi connectivity index (χ4n) is 2.17. The highest BCUT2D eigenvalue weighted by Crippen LogP contribution is 2.28. The van der Waals surface area contributed by atoms with E-state index < -0.39 is 16.0 Å². The minimum atomic E-state index is -1.31. The first-order chi connectivity index (χ1) is 8.65. The number of carbonyl (C=O) groups excluding carboxylic acids is 1. The minimum absolute atomic E-state index is 0.119. The van der Waals surface area contributed by atoms with Crippen LogP contribution in [0, 0.1) is 0 Å². The Morgan fingerprint density at radius 1 is 1.50 bits per heavy atom. The third-order valence-corrected chi connectivity index (χ3v) is 4.76. The average Bonchev–Trinajstić information content (AvgIpc) is 2.81. The van der Waals surface area contributed by atoms with Crippen molar-refractivity contribution in [3.05, 3.63) is 29.8 Å². The van der Waals surface area contributed by atoms with Gasteiger partial charge in [0, 0.05) is 28.8 Å². The van der Waals surface area contributed by atoms with Gasteiger partial charge in [-0.15, -0.1) is 0 Å². The molecule has 4 nitrogen and oxygen atoms in total. The lowest BCUT2D eigenvalue weighted by Crippen LogP contribution is -2.39. The number of anilines is 1. The summed E-state index contributed by atoms with van der Waals surface area (Å²) >= 11 is 0. The van der Waals surface area contributed by atoms with Crippen LogP contribution in [-0.2, 0) is 22.0 Å². The van der Waals surface area contributed by atoms with Crippen molar-refractivity contribution in [3.8, 4) is 0 Å². The number of aliphatic hydroxyl groups is 1. The number of hydrogen-bond donors (Lipinski definition) is 1. The molecule has 1 amide bonds. The van der Waals surface area contributed by atoms with Gasteiger partial charge in [-0.2, -0.15) is 0 Å². The standard InChI is InChI=1S/C13H17NO3S/c1-10(18(17)9-8-15)13(16)14-7-6-11-4-2-3-5-12(11)14/h2-5,10,15H,6-9H2,1H3. The maximum Gasteiger partial charge on any atom is 0.242 e. The Morgan fingerprint density at radius 2 is 2.22 bits per heavy atom. The summed E-state index contributed by atoms with van der Waals surface area (Å²) in [6, 6.07) is 7.79. The Labute approximate surface area is 109 Å². The number of amides is 1. The lowest BCUT2D eigenvalue weighted by molar-refractivity contribution is -0.117. The molecule has 1 aromatic rings. The molecule has 1 aromatic carbocycles. The average molecular weight is 267 g/mol. The Balaban J connectivity index is 2.14. The summed E-state index contributed by atoms with van der Waals surface area (Å²) in [6.45, 7) is 2.16. The van der Waals surface area contributed by atoms with Crippen molar-refractivity contribution < 1.29 is 14.1 Å². The molecule has 2 unspecified atom stereocenters. The van der Waals surface area contributed by atoms with Gasteiger partial charge in [-0.1, -0.05) is 18.2 Å². The Bertz CT molecular complexity index is 475. The van der Waals surface area contributed by atoms with Crippen LogP contribution in [0.25, 0.3) is 0 Å². The number of benzene rings is 1. The second kappa shape index (κ2) is 5.63. The van der Waals surface area contributed by atoms with Crippen LogP contribution in [0.5, 0.6) is 0 Å². The molecule has 98 valence electrons. The zero-order valence-corrected chi connectivity index (χ0v) is 11.2. The summed E-state index contributed by atoms with van der Waals surface area (Å²) in [6.07, 6.45) is 0.848. The zero-order valence-electron chi connectivity index (χ0n) is 10.3. The van der Waals surface area contributed by atoms with E-state index in [-0.39, 0.29) is 18.3 Å². The van der Waals surface area contributed by atoms with Crippen LogP contribution in [0.15, 0.2) is 24.3 Å². The highest BCUT2D eigenvalue weighted by molar-refractivity contribution is 7.86. The van der Waals surface area contributed by atoms with Gasteiger partial charge >= 0.3 is 0 Å². The number of aliphatic hydroxyl groups excluding tert-OH is 1. The van der Waals surface area contributed by atoms with Crippen molar-refractivity contribution in [2.75, 3.05) is 23.8 Å².